The van der Waals surface area contributed by atoms with Gasteiger partial charge in [-0.15, -0.1) is 0 Å². The van der Waals surface area contributed by atoms with Gasteiger partial charge in [0, 0.05) is 24.3 Å². The molecule has 1 fully saturated rings. The standard InChI is InChI=1S/C16H21N5O2/c1-11(22)17-13-7-9-14(10-8-13)19-16-21-20-15(23-16)18-12-5-3-2-4-6-12/h7-10,12H,2-6H2,1H3,(H,17,22)(H,18,20)(H,19,21). The zero-order valence-corrected chi connectivity index (χ0v) is 13.1. The highest BCUT2D eigenvalue weighted by molar-refractivity contribution is 5.88. The minimum atomic E-state index is -0.0963. The Morgan fingerprint density at radius 1 is 1.04 bits per heavy atom. The van der Waals surface area contributed by atoms with Crippen molar-refractivity contribution in [3.05, 3.63) is 24.3 Å². The van der Waals surface area contributed by atoms with Crippen LogP contribution in [0.15, 0.2) is 28.7 Å². The first kappa shape index (κ1) is 15.3. The monoisotopic (exact) mass is 315 g/mol. The number of anilines is 4. The lowest BCUT2D eigenvalue weighted by molar-refractivity contribution is -0.114. The third kappa shape index (κ3) is 4.45. The smallest absolute Gasteiger partial charge is 0.321 e. The summed E-state index contributed by atoms with van der Waals surface area (Å²) in [4.78, 5) is 11.0. The van der Waals surface area contributed by atoms with E-state index < -0.39 is 0 Å². The van der Waals surface area contributed by atoms with E-state index >= 15 is 0 Å². The van der Waals surface area contributed by atoms with Crippen molar-refractivity contribution in [2.45, 2.75) is 45.1 Å². The number of aromatic nitrogens is 2. The van der Waals surface area contributed by atoms with Gasteiger partial charge in [-0.1, -0.05) is 29.5 Å². The number of carbonyl (C=O) groups excluding carboxylic acids is 1. The van der Waals surface area contributed by atoms with E-state index in [4.69, 9.17) is 4.42 Å². The van der Waals surface area contributed by atoms with Gasteiger partial charge < -0.3 is 20.4 Å². The molecule has 0 unspecified atom stereocenters. The summed E-state index contributed by atoms with van der Waals surface area (Å²) in [5.41, 5.74) is 1.56. The van der Waals surface area contributed by atoms with Crippen molar-refractivity contribution in [1.82, 2.24) is 10.2 Å². The molecular formula is C16H21N5O2. The van der Waals surface area contributed by atoms with Crippen LogP contribution in [-0.4, -0.2) is 22.1 Å². The van der Waals surface area contributed by atoms with Gasteiger partial charge in [-0.05, 0) is 37.1 Å². The second kappa shape index (κ2) is 7.13. The molecule has 0 atom stereocenters. The van der Waals surface area contributed by atoms with Crippen LogP contribution in [0.2, 0.25) is 0 Å². The fourth-order valence-corrected chi connectivity index (χ4v) is 2.72. The highest BCUT2D eigenvalue weighted by atomic mass is 16.4. The van der Waals surface area contributed by atoms with Crippen LogP contribution >= 0.6 is 0 Å². The summed E-state index contributed by atoms with van der Waals surface area (Å²) in [6, 6.07) is 8.51. The van der Waals surface area contributed by atoms with Gasteiger partial charge in [0.1, 0.15) is 0 Å². The van der Waals surface area contributed by atoms with Crippen LogP contribution < -0.4 is 16.0 Å². The normalized spacial score (nSPS) is 15.2. The molecular weight excluding hydrogens is 294 g/mol. The zero-order valence-electron chi connectivity index (χ0n) is 13.1. The van der Waals surface area contributed by atoms with Crippen LogP contribution in [-0.2, 0) is 4.79 Å². The summed E-state index contributed by atoms with van der Waals surface area (Å²) in [6.45, 7) is 1.48. The molecule has 7 nitrogen and oxygen atoms in total. The van der Waals surface area contributed by atoms with Gasteiger partial charge in [0.25, 0.3) is 0 Å². The second-order valence-electron chi connectivity index (χ2n) is 5.78. The van der Waals surface area contributed by atoms with E-state index in [1.54, 1.807) is 12.1 Å². The van der Waals surface area contributed by atoms with Crippen LogP contribution in [0.4, 0.5) is 23.4 Å². The highest BCUT2D eigenvalue weighted by Crippen LogP contribution is 2.23. The van der Waals surface area contributed by atoms with Crippen molar-refractivity contribution in [3.63, 3.8) is 0 Å². The van der Waals surface area contributed by atoms with E-state index in [2.05, 4.69) is 26.1 Å². The lowest BCUT2D eigenvalue weighted by Gasteiger charge is -2.21. The molecule has 0 radical (unpaired) electrons. The zero-order chi connectivity index (χ0) is 16.1. The molecule has 3 N–H and O–H groups in total. The van der Waals surface area contributed by atoms with E-state index in [0.29, 0.717) is 18.1 Å². The summed E-state index contributed by atoms with van der Waals surface area (Å²) < 4.78 is 5.57. The van der Waals surface area contributed by atoms with Gasteiger partial charge in [0.05, 0.1) is 0 Å². The molecule has 0 saturated heterocycles. The minimum absolute atomic E-state index is 0.0963. The van der Waals surface area contributed by atoms with Crippen LogP contribution in [0.5, 0.6) is 0 Å². The molecule has 1 heterocycles. The molecule has 0 bridgehead atoms. The Hall–Kier alpha value is -2.57. The van der Waals surface area contributed by atoms with Gasteiger partial charge in [-0.3, -0.25) is 4.79 Å². The number of benzene rings is 1. The lowest BCUT2D eigenvalue weighted by Crippen LogP contribution is -2.22. The van der Waals surface area contributed by atoms with Crippen molar-refractivity contribution in [1.29, 1.82) is 0 Å². The van der Waals surface area contributed by atoms with Crippen molar-refractivity contribution >= 4 is 29.3 Å². The molecule has 1 aliphatic rings. The number of rotatable bonds is 5. The first-order valence-corrected chi connectivity index (χ1v) is 7.94. The quantitative estimate of drug-likeness (QED) is 0.782. The SMILES string of the molecule is CC(=O)Nc1ccc(Nc2nnc(NC3CCCCC3)o2)cc1. The fourth-order valence-electron chi connectivity index (χ4n) is 2.72. The maximum Gasteiger partial charge on any atom is 0.321 e. The molecule has 1 aliphatic carbocycles. The number of nitrogens with one attached hydrogen (secondary N) is 3. The summed E-state index contributed by atoms with van der Waals surface area (Å²) >= 11 is 0. The molecule has 1 aromatic carbocycles. The van der Waals surface area contributed by atoms with Crippen molar-refractivity contribution < 1.29 is 9.21 Å². The second-order valence-corrected chi connectivity index (χ2v) is 5.78. The average Bonchev–Trinajstić information content (AvgIpc) is 2.97. The highest BCUT2D eigenvalue weighted by Gasteiger charge is 2.16. The average molecular weight is 315 g/mol. The third-order valence-electron chi connectivity index (χ3n) is 3.81. The van der Waals surface area contributed by atoms with Gasteiger partial charge in [0.2, 0.25) is 5.91 Å². The Bertz CT molecular complexity index is 647. The maximum atomic E-state index is 11.0. The molecule has 1 aromatic heterocycles. The van der Waals surface area contributed by atoms with Crippen molar-refractivity contribution in [2.24, 2.45) is 0 Å². The maximum absolute atomic E-state index is 11.0. The third-order valence-corrected chi connectivity index (χ3v) is 3.81. The Kier molecular flexibility index (Phi) is 4.75. The van der Waals surface area contributed by atoms with Crippen LogP contribution in [0.25, 0.3) is 0 Å². The Balaban J connectivity index is 1.56. The molecule has 23 heavy (non-hydrogen) atoms. The summed E-state index contributed by atoms with van der Waals surface area (Å²) in [5.74, 6) is -0.0963. The topological polar surface area (TPSA) is 92.1 Å². The fraction of sp³-hybridized carbons (Fsp3) is 0.438. The van der Waals surface area contributed by atoms with Gasteiger partial charge >= 0.3 is 12.0 Å². The summed E-state index contributed by atoms with van der Waals surface area (Å²) in [7, 11) is 0. The van der Waals surface area contributed by atoms with E-state index in [1.165, 1.54) is 26.2 Å². The van der Waals surface area contributed by atoms with Gasteiger partial charge in [0.15, 0.2) is 0 Å². The largest absolute Gasteiger partial charge is 0.389 e. The van der Waals surface area contributed by atoms with Crippen LogP contribution in [0, 0.1) is 0 Å². The molecule has 122 valence electrons. The Labute approximate surface area is 134 Å². The minimum Gasteiger partial charge on any atom is -0.389 e. The molecule has 0 spiro atoms. The van der Waals surface area contributed by atoms with Crippen LogP contribution in [0.3, 0.4) is 0 Å². The number of hydrogen-bond donors (Lipinski definition) is 3. The first-order valence-electron chi connectivity index (χ1n) is 7.94. The molecule has 7 heteroatoms. The first-order chi connectivity index (χ1) is 11.2. The van der Waals surface area contributed by atoms with Gasteiger partial charge in [-0.2, -0.15) is 0 Å². The molecule has 2 aromatic rings. The Morgan fingerprint density at radius 2 is 1.70 bits per heavy atom. The predicted molar refractivity (Wildman–Crippen MR) is 88.8 cm³/mol. The summed E-state index contributed by atoms with van der Waals surface area (Å²) in [5, 5.41) is 17.1. The molecule has 0 aliphatic heterocycles. The van der Waals surface area contributed by atoms with Crippen LogP contribution in [0.1, 0.15) is 39.0 Å². The predicted octanol–water partition coefficient (Wildman–Crippen LogP) is 3.52. The van der Waals surface area contributed by atoms with Crippen molar-refractivity contribution in [3.8, 4) is 0 Å². The van der Waals surface area contributed by atoms with E-state index in [9.17, 15) is 4.79 Å². The van der Waals surface area contributed by atoms with Crippen molar-refractivity contribution in [2.75, 3.05) is 16.0 Å². The molecule has 1 amide bonds. The molecule has 3 rings (SSSR count). The van der Waals surface area contributed by atoms with Gasteiger partial charge in [-0.25, -0.2) is 0 Å². The Morgan fingerprint density at radius 3 is 2.39 bits per heavy atom. The van der Waals surface area contributed by atoms with E-state index in [0.717, 1.165) is 24.2 Å². The summed E-state index contributed by atoms with van der Waals surface area (Å²) in [6.07, 6.45) is 6.10. The number of carbonyl (C=O) groups is 1. The van der Waals surface area contributed by atoms with E-state index in [-0.39, 0.29) is 5.91 Å². The molecule has 1 saturated carbocycles. The number of amides is 1. The number of hydrogen-bond acceptors (Lipinski definition) is 6. The van der Waals surface area contributed by atoms with E-state index in [1.807, 2.05) is 12.1 Å². The number of nitrogens with zero attached hydrogens (tertiary/aromatic N) is 2. The lowest BCUT2D eigenvalue weighted by atomic mass is 9.96.